The van der Waals surface area contributed by atoms with Crippen molar-refractivity contribution in [1.82, 2.24) is 14.9 Å². The summed E-state index contributed by atoms with van der Waals surface area (Å²) in [7, 11) is 3.47. The van der Waals surface area contributed by atoms with Crippen molar-refractivity contribution in [3.05, 3.63) is 66.4 Å². The Labute approximate surface area is 208 Å². The van der Waals surface area contributed by atoms with Crippen LogP contribution in [0.4, 0.5) is 5.13 Å². The van der Waals surface area contributed by atoms with Gasteiger partial charge in [-0.15, -0.1) is 0 Å². The van der Waals surface area contributed by atoms with Crippen LogP contribution in [0.1, 0.15) is 36.0 Å². The molecule has 2 heterocycles. The lowest BCUT2D eigenvalue weighted by Crippen LogP contribution is -2.36. The molecule has 1 aliphatic carbocycles. The van der Waals surface area contributed by atoms with E-state index in [-0.39, 0.29) is 18.1 Å². The number of amides is 1. The van der Waals surface area contributed by atoms with Crippen molar-refractivity contribution in [2.24, 2.45) is 0 Å². The van der Waals surface area contributed by atoms with Crippen molar-refractivity contribution in [3.63, 3.8) is 0 Å². The molecule has 1 fully saturated rings. The Balaban J connectivity index is 1.31. The summed E-state index contributed by atoms with van der Waals surface area (Å²) in [5, 5.41) is 14.5. The smallest absolute Gasteiger partial charge is 0.253 e. The van der Waals surface area contributed by atoms with Crippen molar-refractivity contribution in [1.29, 1.82) is 0 Å². The first-order chi connectivity index (χ1) is 17.0. The summed E-state index contributed by atoms with van der Waals surface area (Å²) in [5.41, 5.74) is 3.21. The summed E-state index contributed by atoms with van der Waals surface area (Å²) in [6.45, 7) is 0. The largest absolute Gasteiger partial charge is 0.457 e. The lowest BCUT2D eigenvalue weighted by molar-refractivity contribution is 0.0827. The van der Waals surface area contributed by atoms with Crippen LogP contribution in [0.15, 0.2) is 60.8 Å². The van der Waals surface area contributed by atoms with Crippen molar-refractivity contribution in [2.45, 2.75) is 37.8 Å². The Bertz CT molecular complexity index is 1340. The highest BCUT2D eigenvalue weighted by Crippen LogP contribution is 2.33. The number of rotatable bonds is 6. The second-order valence-electron chi connectivity index (χ2n) is 9.01. The number of nitrogens with one attached hydrogen (secondary N) is 1. The van der Waals surface area contributed by atoms with E-state index in [1.54, 1.807) is 36.5 Å². The topological polar surface area (TPSA) is 87.6 Å². The minimum absolute atomic E-state index is 0.0340. The van der Waals surface area contributed by atoms with Gasteiger partial charge in [-0.2, -0.15) is 0 Å². The van der Waals surface area contributed by atoms with Crippen LogP contribution in [-0.2, 0) is 0 Å². The number of carbonyl (C=O) groups is 1. The molecule has 4 aromatic rings. The van der Waals surface area contributed by atoms with Gasteiger partial charge in [-0.3, -0.25) is 9.78 Å². The highest BCUT2D eigenvalue weighted by molar-refractivity contribution is 7.22. The molecule has 0 aliphatic heterocycles. The third-order valence-corrected chi connectivity index (χ3v) is 7.15. The number of benzene rings is 2. The first-order valence-electron chi connectivity index (χ1n) is 11.8. The Morgan fingerprint density at radius 2 is 1.83 bits per heavy atom. The standard InChI is InChI=1S/C27H28N4O3S/c1-31(2)26(33)18-9-7-17(8-10-18)23-15-20(13-14-28-23)34-19-11-12-22-25(16-19)35-27(30-22)29-21-5-3-4-6-24(21)32/h7-16,21,24,32H,3-6H2,1-2H3,(H,29,30)/t21-,24-/m1/s1. The molecular weight excluding hydrogens is 460 g/mol. The molecule has 0 bridgehead atoms. The number of thiazole rings is 1. The highest BCUT2D eigenvalue weighted by Gasteiger charge is 2.23. The van der Waals surface area contributed by atoms with Gasteiger partial charge in [0.2, 0.25) is 0 Å². The molecule has 35 heavy (non-hydrogen) atoms. The van der Waals surface area contributed by atoms with Crippen LogP contribution >= 0.6 is 11.3 Å². The fourth-order valence-electron chi connectivity index (χ4n) is 4.28. The molecule has 1 saturated carbocycles. The van der Waals surface area contributed by atoms with Gasteiger partial charge in [0.05, 0.1) is 28.1 Å². The van der Waals surface area contributed by atoms with E-state index >= 15 is 0 Å². The van der Waals surface area contributed by atoms with Gasteiger partial charge in [0.25, 0.3) is 5.91 Å². The van der Waals surface area contributed by atoms with Crippen LogP contribution in [0.25, 0.3) is 21.5 Å². The summed E-state index contributed by atoms with van der Waals surface area (Å²) in [6.07, 6.45) is 5.41. The molecule has 180 valence electrons. The van der Waals surface area contributed by atoms with Gasteiger partial charge in [0.1, 0.15) is 11.5 Å². The third-order valence-electron chi connectivity index (χ3n) is 6.20. The first kappa shape index (κ1) is 23.3. The molecule has 2 aromatic heterocycles. The van der Waals surface area contributed by atoms with Gasteiger partial charge in [0.15, 0.2) is 5.13 Å². The number of carbonyl (C=O) groups excluding carboxylic acids is 1. The molecule has 0 spiro atoms. The average Bonchev–Trinajstić information content (AvgIpc) is 3.27. The lowest BCUT2D eigenvalue weighted by atomic mass is 9.93. The minimum Gasteiger partial charge on any atom is -0.457 e. The fourth-order valence-corrected chi connectivity index (χ4v) is 5.23. The zero-order chi connectivity index (χ0) is 24.4. The molecule has 8 heteroatoms. The van der Waals surface area contributed by atoms with Gasteiger partial charge < -0.3 is 20.1 Å². The summed E-state index contributed by atoms with van der Waals surface area (Å²) in [4.78, 5) is 22.8. The van der Waals surface area contributed by atoms with E-state index in [9.17, 15) is 9.90 Å². The number of hydrogen-bond donors (Lipinski definition) is 2. The second-order valence-corrected chi connectivity index (χ2v) is 10.0. The van der Waals surface area contributed by atoms with E-state index in [1.807, 2.05) is 54.6 Å². The van der Waals surface area contributed by atoms with E-state index in [0.717, 1.165) is 58.0 Å². The number of anilines is 1. The minimum atomic E-state index is -0.319. The van der Waals surface area contributed by atoms with Crippen molar-refractivity contribution >= 4 is 32.6 Å². The van der Waals surface area contributed by atoms with Crippen LogP contribution in [0.2, 0.25) is 0 Å². The van der Waals surface area contributed by atoms with Gasteiger partial charge in [-0.05, 0) is 43.2 Å². The SMILES string of the molecule is CN(C)C(=O)c1ccc(-c2cc(Oc3ccc4nc(N[C@@H]5CCCC[C@H]5O)sc4c3)ccn2)cc1. The van der Waals surface area contributed by atoms with Crippen molar-refractivity contribution in [3.8, 4) is 22.8 Å². The summed E-state index contributed by atoms with van der Waals surface area (Å²) in [5.74, 6) is 1.36. The molecule has 1 aliphatic rings. The number of pyridine rings is 1. The highest BCUT2D eigenvalue weighted by atomic mass is 32.1. The molecule has 0 saturated heterocycles. The van der Waals surface area contributed by atoms with E-state index in [0.29, 0.717) is 11.3 Å². The molecule has 0 radical (unpaired) electrons. The average molecular weight is 489 g/mol. The van der Waals surface area contributed by atoms with E-state index in [4.69, 9.17) is 4.74 Å². The molecule has 1 amide bonds. The number of aliphatic hydroxyl groups is 1. The number of nitrogens with zero attached hydrogens (tertiary/aromatic N) is 3. The fraction of sp³-hybridized carbons (Fsp3) is 0.296. The van der Waals surface area contributed by atoms with E-state index < -0.39 is 0 Å². The molecule has 7 nitrogen and oxygen atoms in total. The van der Waals surface area contributed by atoms with Crippen LogP contribution in [0.5, 0.6) is 11.5 Å². The van der Waals surface area contributed by atoms with E-state index in [1.165, 1.54) is 0 Å². The second kappa shape index (κ2) is 10.0. The number of aliphatic hydroxyl groups excluding tert-OH is 1. The number of ether oxygens (including phenoxy) is 1. The Hall–Kier alpha value is -3.49. The van der Waals surface area contributed by atoms with Gasteiger partial charge in [-0.25, -0.2) is 4.98 Å². The summed E-state index contributed by atoms with van der Waals surface area (Å²) < 4.78 is 7.16. The van der Waals surface area contributed by atoms with Gasteiger partial charge in [-0.1, -0.05) is 36.3 Å². The Morgan fingerprint density at radius 3 is 2.60 bits per heavy atom. The van der Waals surface area contributed by atoms with Gasteiger partial charge in [0, 0.05) is 43.6 Å². The summed E-state index contributed by atoms with van der Waals surface area (Å²) in [6, 6.07) is 17.0. The van der Waals surface area contributed by atoms with E-state index in [2.05, 4.69) is 15.3 Å². The molecule has 5 rings (SSSR count). The number of aromatic nitrogens is 2. The normalized spacial score (nSPS) is 17.8. The predicted octanol–water partition coefficient (Wildman–Crippen LogP) is 5.57. The molecule has 0 unspecified atom stereocenters. The zero-order valence-electron chi connectivity index (χ0n) is 19.8. The van der Waals surface area contributed by atoms with Gasteiger partial charge >= 0.3 is 0 Å². The molecule has 2 aromatic carbocycles. The van der Waals surface area contributed by atoms with Crippen LogP contribution in [0.3, 0.4) is 0 Å². The summed E-state index contributed by atoms with van der Waals surface area (Å²) >= 11 is 1.57. The third kappa shape index (κ3) is 5.28. The lowest BCUT2D eigenvalue weighted by Gasteiger charge is -2.27. The Kier molecular flexibility index (Phi) is 6.66. The zero-order valence-corrected chi connectivity index (χ0v) is 20.6. The quantitative estimate of drug-likeness (QED) is 0.369. The predicted molar refractivity (Wildman–Crippen MR) is 139 cm³/mol. The maximum Gasteiger partial charge on any atom is 0.253 e. The number of fused-ring (bicyclic) bond motifs is 1. The molecular formula is C27H28N4O3S. The molecule has 2 N–H and O–H groups in total. The maximum atomic E-state index is 12.1. The van der Waals surface area contributed by atoms with Crippen LogP contribution < -0.4 is 10.1 Å². The van der Waals surface area contributed by atoms with Crippen molar-refractivity contribution in [2.75, 3.05) is 19.4 Å². The number of hydrogen-bond acceptors (Lipinski definition) is 7. The van der Waals surface area contributed by atoms with Crippen molar-refractivity contribution < 1.29 is 14.6 Å². The monoisotopic (exact) mass is 488 g/mol. The first-order valence-corrected chi connectivity index (χ1v) is 12.6. The van der Waals surface area contributed by atoms with Crippen LogP contribution in [-0.4, -0.2) is 52.1 Å². The molecule has 2 atom stereocenters. The Morgan fingerprint density at radius 1 is 1.06 bits per heavy atom. The van der Waals surface area contributed by atoms with Crippen LogP contribution in [0, 0.1) is 0 Å². The maximum absolute atomic E-state index is 12.1.